The Morgan fingerprint density at radius 2 is 2.15 bits per heavy atom. The lowest BCUT2D eigenvalue weighted by molar-refractivity contribution is 0.549. The molecule has 0 saturated heterocycles. The fourth-order valence-electron chi connectivity index (χ4n) is 2.61. The Labute approximate surface area is 127 Å². The monoisotopic (exact) mass is 292 g/mol. The summed E-state index contributed by atoms with van der Waals surface area (Å²) in [5, 5.41) is 3.62. The molecule has 0 aromatic carbocycles. The van der Waals surface area contributed by atoms with E-state index in [9.17, 15) is 0 Å². The van der Waals surface area contributed by atoms with Crippen LogP contribution < -0.4 is 11.1 Å². The molecule has 2 rings (SSSR count). The Bertz CT molecular complexity index is 454. The quantitative estimate of drug-likeness (QED) is 0.774. The van der Waals surface area contributed by atoms with Crippen LogP contribution in [0.25, 0.3) is 0 Å². The summed E-state index contributed by atoms with van der Waals surface area (Å²) >= 11 is 1.90. The Kier molecular flexibility index (Phi) is 5.42. The second-order valence-corrected chi connectivity index (χ2v) is 7.81. The van der Waals surface area contributed by atoms with Crippen LogP contribution in [0.1, 0.15) is 62.3 Å². The average Bonchev–Trinajstić information content (AvgIpc) is 3.04. The molecule has 1 aromatic rings. The first-order valence-corrected chi connectivity index (χ1v) is 8.54. The SMILES string of the molecule is CC(C)(C)c1ccc(C(CN)NCCC2=CCCC2)s1. The maximum absolute atomic E-state index is 5.95. The molecule has 1 unspecified atom stereocenters. The zero-order valence-electron chi connectivity index (χ0n) is 13.0. The summed E-state index contributed by atoms with van der Waals surface area (Å²) in [7, 11) is 0. The lowest BCUT2D eigenvalue weighted by Crippen LogP contribution is -2.28. The van der Waals surface area contributed by atoms with Crippen molar-refractivity contribution in [1.29, 1.82) is 0 Å². The number of thiophene rings is 1. The van der Waals surface area contributed by atoms with Gasteiger partial charge < -0.3 is 11.1 Å². The molecule has 1 atom stereocenters. The molecule has 1 aliphatic carbocycles. The predicted molar refractivity (Wildman–Crippen MR) is 89.4 cm³/mol. The van der Waals surface area contributed by atoms with E-state index in [-0.39, 0.29) is 5.41 Å². The van der Waals surface area contributed by atoms with Gasteiger partial charge in [0.1, 0.15) is 0 Å². The maximum atomic E-state index is 5.95. The standard InChI is InChI=1S/C17H28N2S/c1-17(2,3)16-9-8-15(20-16)14(12-18)19-11-10-13-6-4-5-7-13/h6,8-9,14,19H,4-5,7,10-12,18H2,1-3H3. The molecule has 0 bridgehead atoms. The van der Waals surface area contributed by atoms with Crippen LogP contribution in [0.2, 0.25) is 0 Å². The van der Waals surface area contributed by atoms with Crippen molar-refractivity contribution in [3.8, 4) is 0 Å². The minimum atomic E-state index is 0.233. The molecule has 0 radical (unpaired) electrons. The smallest absolute Gasteiger partial charge is 0.0539 e. The van der Waals surface area contributed by atoms with Crippen LogP contribution in [0.5, 0.6) is 0 Å². The van der Waals surface area contributed by atoms with Gasteiger partial charge >= 0.3 is 0 Å². The van der Waals surface area contributed by atoms with Gasteiger partial charge in [0.2, 0.25) is 0 Å². The second kappa shape index (κ2) is 6.88. The summed E-state index contributed by atoms with van der Waals surface area (Å²) in [5.74, 6) is 0. The lowest BCUT2D eigenvalue weighted by atomic mass is 9.95. The first kappa shape index (κ1) is 15.7. The fourth-order valence-corrected chi connectivity index (χ4v) is 3.77. The van der Waals surface area contributed by atoms with Crippen molar-refractivity contribution in [2.24, 2.45) is 5.73 Å². The van der Waals surface area contributed by atoms with E-state index >= 15 is 0 Å². The van der Waals surface area contributed by atoms with Crippen LogP contribution in [-0.2, 0) is 5.41 Å². The van der Waals surface area contributed by atoms with Crippen LogP contribution in [-0.4, -0.2) is 13.1 Å². The van der Waals surface area contributed by atoms with Gasteiger partial charge in [-0.25, -0.2) is 0 Å². The first-order valence-electron chi connectivity index (χ1n) is 7.72. The van der Waals surface area contributed by atoms with Crippen molar-refractivity contribution >= 4 is 11.3 Å². The van der Waals surface area contributed by atoms with E-state index in [4.69, 9.17) is 5.73 Å². The van der Waals surface area contributed by atoms with Gasteiger partial charge in [-0.05, 0) is 49.8 Å². The van der Waals surface area contributed by atoms with Gasteiger partial charge in [-0.15, -0.1) is 11.3 Å². The summed E-state index contributed by atoms with van der Waals surface area (Å²) in [6, 6.07) is 4.80. The first-order chi connectivity index (χ1) is 9.50. The van der Waals surface area contributed by atoms with Gasteiger partial charge in [0.05, 0.1) is 6.04 Å². The predicted octanol–water partition coefficient (Wildman–Crippen LogP) is 4.14. The van der Waals surface area contributed by atoms with E-state index in [0.717, 1.165) is 6.54 Å². The molecule has 0 spiro atoms. The molecule has 1 aliphatic rings. The zero-order chi connectivity index (χ0) is 14.6. The highest BCUT2D eigenvalue weighted by molar-refractivity contribution is 7.12. The third kappa shape index (κ3) is 4.18. The molecule has 20 heavy (non-hydrogen) atoms. The molecule has 1 aromatic heterocycles. The van der Waals surface area contributed by atoms with Crippen LogP contribution in [0, 0.1) is 0 Å². The normalized spacial score (nSPS) is 17.3. The highest BCUT2D eigenvalue weighted by Gasteiger charge is 2.19. The van der Waals surface area contributed by atoms with Crippen molar-refractivity contribution < 1.29 is 0 Å². The van der Waals surface area contributed by atoms with E-state index in [1.807, 2.05) is 11.3 Å². The van der Waals surface area contributed by atoms with Crippen molar-refractivity contribution in [3.63, 3.8) is 0 Å². The van der Waals surface area contributed by atoms with E-state index in [0.29, 0.717) is 12.6 Å². The minimum absolute atomic E-state index is 0.233. The van der Waals surface area contributed by atoms with Gasteiger partial charge in [-0.2, -0.15) is 0 Å². The van der Waals surface area contributed by atoms with Gasteiger partial charge in [-0.3, -0.25) is 0 Å². The lowest BCUT2D eigenvalue weighted by Gasteiger charge is -2.17. The average molecular weight is 292 g/mol. The van der Waals surface area contributed by atoms with Crippen LogP contribution in [0.15, 0.2) is 23.8 Å². The molecule has 1 heterocycles. The molecular formula is C17H28N2S. The van der Waals surface area contributed by atoms with Crippen molar-refractivity contribution in [1.82, 2.24) is 5.32 Å². The summed E-state index contributed by atoms with van der Waals surface area (Å²) in [6.45, 7) is 8.50. The number of nitrogens with two attached hydrogens (primary N) is 1. The molecule has 112 valence electrons. The molecule has 0 aliphatic heterocycles. The molecule has 0 saturated carbocycles. The number of rotatable bonds is 6. The third-order valence-electron chi connectivity index (χ3n) is 3.92. The molecule has 0 amide bonds. The summed E-state index contributed by atoms with van der Waals surface area (Å²) in [5.41, 5.74) is 7.80. The van der Waals surface area contributed by atoms with Crippen molar-refractivity contribution in [2.75, 3.05) is 13.1 Å². The topological polar surface area (TPSA) is 38.0 Å². The van der Waals surface area contributed by atoms with E-state index in [1.54, 1.807) is 5.57 Å². The molecule has 3 heteroatoms. The van der Waals surface area contributed by atoms with Gasteiger partial charge in [0.25, 0.3) is 0 Å². The Balaban J connectivity index is 1.89. The van der Waals surface area contributed by atoms with Crippen LogP contribution in [0.3, 0.4) is 0 Å². The molecule has 2 nitrogen and oxygen atoms in total. The van der Waals surface area contributed by atoms with Gasteiger partial charge in [-0.1, -0.05) is 32.4 Å². The molecule has 3 N–H and O–H groups in total. The number of nitrogens with one attached hydrogen (secondary N) is 1. The Hall–Kier alpha value is -0.640. The highest BCUT2D eigenvalue weighted by Crippen LogP contribution is 2.32. The maximum Gasteiger partial charge on any atom is 0.0539 e. The van der Waals surface area contributed by atoms with Crippen LogP contribution in [0.4, 0.5) is 0 Å². The zero-order valence-corrected chi connectivity index (χ0v) is 13.9. The highest BCUT2D eigenvalue weighted by atomic mass is 32.1. The fraction of sp³-hybridized carbons (Fsp3) is 0.647. The summed E-state index contributed by atoms with van der Waals surface area (Å²) in [6.07, 6.45) is 7.49. The number of hydrogen-bond acceptors (Lipinski definition) is 3. The number of hydrogen-bond donors (Lipinski definition) is 2. The van der Waals surface area contributed by atoms with Crippen molar-refractivity contribution in [3.05, 3.63) is 33.5 Å². The molecule has 0 fully saturated rings. The van der Waals surface area contributed by atoms with Gasteiger partial charge in [0, 0.05) is 16.3 Å². The summed E-state index contributed by atoms with van der Waals surface area (Å²) in [4.78, 5) is 2.81. The number of allylic oxidation sites excluding steroid dienone is 1. The van der Waals surface area contributed by atoms with Crippen LogP contribution >= 0.6 is 11.3 Å². The Morgan fingerprint density at radius 3 is 2.70 bits per heavy atom. The van der Waals surface area contributed by atoms with Crippen molar-refractivity contribution in [2.45, 2.75) is 57.9 Å². The van der Waals surface area contributed by atoms with Gasteiger partial charge in [0.15, 0.2) is 0 Å². The molecular weight excluding hydrogens is 264 g/mol. The summed E-state index contributed by atoms with van der Waals surface area (Å²) < 4.78 is 0. The van der Waals surface area contributed by atoms with E-state index in [1.165, 1.54) is 35.4 Å². The largest absolute Gasteiger partial charge is 0.329 e. The Morgan fingerprint density at radius 1 is 1.35 bits per heavy atom. The van der Waals surface area contributed by atoms with E-state index in [2.05, 4.69) is 44.3 Å². The minimum Gasteiger partial charge on any atom is -0.329 e. The van der Waals surface area contributed by atoms with E-state index < -0.39 is 0 Å². The third-order valence-corrected chi connectivity index (χ3v) is 5.54. The second-order valence-electron chi connectivity index (χ2n) is 6.70.